The minimum Gasteiger partial charge on any atom is -0.317 e. The van der Waals surface area contributed by atoms with Gasteiger partial charge in [0.2, 0.25) is 0 Å². The van der Waals surface area contributed by atoms with Gasteiger partial charge >= 0.3 is 0 Å². The van der Waals surface area contributed by atoms with Crippen LogP contribution in [-0.4, -0.2) is 61.2 Å². The van der Waals surface area contributed by atoms with Gasteiger partial charge in [-0.3, -0.25) is 4.79 Å². The highest BCUT2D eigenvalue weighted by molar-refractivity contribution is 8.76. The first kappa shape index (κ1) is 25.2. The van der Waals surface area contributed by atoms with E-state index in [-0.39, 0.29) is 10.7 Å². The number of likely N-dealkylation sites (tertiary alicyclic amines) is 1. The summed E-state index contributed by atoms with van der Waals surface area (Å²) in [6, 6.07) is 5.64. The first-order valence-corrected chi connectivity index (χ1v) is 14.9. The molecule has 1 N–H and O–H groups in total. The number of carbonyl (C=O) groups is 1. The van der Waals surface area contributed by atoms with E-state index in [2.05, 4.69) is 40.4 Å². The smallest absolute Gasteiger partial charge is 0.275 e. The zero-order chi connectivity index (χ0) is 24.3. The largest absolute Gasteiger partial charge is 0.317 e. The van der Waals surface area contributed by atoms with E-state index in [0.717, 1.165) is 48.9 Å². The molecule has 1 aliphatic heterocycles. The number of anilines is 1. The molecule has 0 bridgehead atoms. The van der Waals surface area contributed by atoms with Gasteiger partial charge in [0, 0.05) is 34.5 Å². The normalized spacial score (nSPS) is 15.6. The summed E-state index contributed by atoms with van der Waals surface area (Å²) in [6.07, 6.45) is 6.01. The van der Waals surface area contributed by atoms with E-state index in [0.29, 0.717) is 23.1 Å². The lowest BCUT2D eigenvalue weighted by atomic mass is 9.97. The zero-order valence-corrected chi connectivity index (χ0v) is 22.8. The first-order chi connectivity index (χ1) is 16.3. The Kier molecular flexibility index (Phi) is 8.01. The number of piperidine rings is 1. The predicted octanol–water partition coefficient (Wildman–Crippen LogP) is 5.56. The molecule has 0 aromatic carbocycles. The molecule has 4 rings (SSSR count). The van der Waals surface area contributed by atoms with Gasteiger partial charge in [-0.1, -0.05) is 21.6 Å². The standard InChI is InChI=1S/C24H32N6OS3/c1-16-13-17(2)30(28-16)21-19(7-6-10-25-21)26-22(31)20-14-33-23(27-20)18-8-11-29(12-9-18)15-24(3,4)34-32-5/h6-7,10,13-14,18H,8-9,11-12,15H2,1-5H3,(H,26,31). The molecule has 0 saturated carbocycles. The summed E-state index contributed by atoms with van der Waals surface area (Å²) in [5, 5.41) is 10.4. The number of nitrogens with zero attached hydrogens (tertiary/aromatic N) is 5. The lowest BCUT2D eigenvalue weighted by molar-refractivity contribution is 0.102. The second-order valence-electron chi connectivity index (χ2n) is 9.30. The Morgan fingerprint density at radius 3 is 2.74 bits per heavy atom. The highest BCUT2D eigenvalue weighted by Crippen LogP contribution is 2.36. The van der Waals surface area contributed by atoms with Crippen molar-refractivity contribution < 1.29 is 4.79 Å². The number of amides is 1. The van der Waals surface area contributed by atoms with Gasteiger partial charge in [0.25, 0.3) is 5.91 Å². The van der Waals surface area contributed by atoms with Crippen molar-refractivity contribution in [1.82, 2.24) is 24.6 Å². The van der Waals surface area contributed by atoms with E-state index in [4.69, 9.17) is 4.98 Å². The van der Waals surface area contributed by atoms with E-state index in [1.54, 1.807) is 22.2 Å². The van der Waals surface area contributed by atoms with Crippen LogP contribution in [0.3, 0.4) is 0 Å². The quantitative estimate of drug-likeness (QED) is 0.393. The Morgan fingerprint density at radius 1 is 1.29 bits per heavy atom. The van der Waals surface area contributed by atoms with Crippen molar-refractivity contribution in [3.05, 3.63) is 51.9 Å². The molecular formula is C24H32N6OS3. The van der Waals surface area contributed by atoms with Gasteiger partial charge in [0.15, 0.2) is 5.82 Å². The fourth-order valence-corrected chi connectivity index (χ4v) is 7.57. The summed E-state index contributed by atoms with van der Waals surface area (Å²) >= 11 is 1.59. The van der Waals surface area contributed by atoms with Gasteiger partial charge in [0.1, 0.15) is 5.69 Å². The van der Waals surface area contributed by atoms with Crippen molar-refractivity contribution in [1.29, 1.82) is 0 Å². The third kappa shape index (κ3) is 6.02. The molecule has 1 amide bonds. The summed E-state index contributed by atoms with van der Waals surface area (Å²) in [5.74, 6) is 0.807. The van der Waals surface area contributed by atoms with Gasteiger partial charge < -0.3 is 10.2 Å². The van der Waals surface area contributed by atoms with Crippen molar-refractivity contribution in [2.45, 2.75) is 51.2 Å². The molecule has 7 nitrogen and oxygen atoms in total. The van der Waals surface area contributed by atoms with Gasteiger partial charge in [-0.2, -0.15) is 5.10 Å². The number of hydrogen-bond acceptors (Lipinski definition) is 8. The van der Waals surface area contributed by atoms with Crippen molar-refractivity contribution in [2.24, 2.45) is 0 Å². The molecule has 0 atom stereocenters. The number of pyridine rings is 1. The Labute approximate surface area is 213 Å². The SMILES string of the molecule is CSSC(C)(C)CN1CCC(c2nc(C(=O)Nc3cccnc3-n3nc(C)cc3C)cs2)CC1. The molecular weight excluding hydrogens is 485 g/mol. The predicted molar refractivity (Wildman–Crippen MR) is 145 cm³/mol. The van der Waals surface area contributed by atoms with Crippen LogP contribution in [0.1, 0.15) is 59.5 Å². The van der Waals surface area contributed by atoms with Crippen molar-refractivity contribution in [3.63, 3.8) is 0 Å². The molecule has 3 aromatic rings. The van der Waals surface area contributed by atoms with Crippen LogP contribution in [0.15, 0.2) is 29.8 Å². The minimum atomic E-state index is -0.216. The topological polar surface area (TPSA) is 75.9 Å². The average molecular weight is 517 g/mol. The van der Waals surface area contributed by atoms with Crippen molar-refractivity contribution in [3.8, 4) is 5.82 Å². The van der Waals surface area contributed by atoms with Gasteiger partial charge in [0.05, 0.1) is 16.4 Å². The van der Waals surface area contributed by atoms with E-state index in [9.17, 15) is 4.79 Å². The lowest BCUT2D eigenvalue weighted by Crippen LogP contribution is -2.40. The lowest BCUT2D eigenvalue weighted by Gasteiger charge is -2.36. The molecule has 3 aromatic heterocycles. The number of hydrogen-bond donors (Lipinski definition) is 1. The second kappa shape index (κ2) is 10.8. The molecule has 0 radical (unpaired) electrons. The van der Waals surface area contributed by atoms with E-state index in [1.165, 1.54) is 0 Å². The molecule has 10 heteroatoms. The molecule has 1 fully saturated rings. The van der Waals surface area contributed by atoms with E-state index >= 15 is 0 Å². The summed E-state index contributed by atoms with van der Waals surface area (Å²) in [7, 11) is 3.78. The van der Waals surface area contributed by atoms with Crippen LogP contribution in [-0.2, 0) is 0 Å². The molecule has 1 saturated heterocycles. The number of rotatable bonds is 8. The van der Waals surface area contributed by atoms with Crippen LogP contribution >= 0.6 is 32.9 Å². The number of thiazole rings is 1. The molecule has 4 heterocycles. The van der Waals surface area contributed by atoms with Crippen molar-refractivity contribution >= 4 is 44.5 Å². The van der Waals surface area contributed by atoms with E-state index < -0.39 is 0 Å². The molecule has 1 aliphatic rings. The van der Waals surface area contributed by atoms with Gasteiger partial charge in [-0.05, 0) is 78.1 Å². The van der Waals surface area contributed by atoms with Crippen molar-refractivity contribution in [2.75, 3.05) is 31.2 Å². The van der Waals surface area contributed by atoms with Crippen LogP contribution in [0.5, 0.6) is 0 Å². The Hall–Kier alpha value is -1.88. The third-order valence-corrected chi connectivity index (χ3v) is 9.46. The van der Waals surface area contributed by atoms with Gasteiger partial charge in [-0.25, -0.2) is 14.6 Å². The number of nitrogens with one attached hydrogen (secondary N) is 1. The highest BCUT2D eigenvalue weighted by atomic mass is 33.1. The monoisotopic (exact) mass is 516 g/mol. The third-order valence-electron chi connectivity index (χ3n) is 5.85. The van der Waals surface area contributed by atoms with Gasteiger partial charge in [-0.15, -0.1) is 11.3 Å². The Morgan fingerprint density at radius 2 is 2.06 bits per heavy atom. The maximum absolute atomic E-state index is 13.0. The molecule has 0 aliphatic carbocycles. The average Bonchev–Trinajstić information content (AvgIpc) is 3.41. The number of carbonyl (C=O) groups excluding carboxylic acids is 1. The summed E-state index contributed by atoms with van der Waals surface area (Å²) in [4.78, 5) is 24.8. The maximum atomic E-state index is 13.0. The minimum absolute atomic E-state index is 0.216. The van der Waals surface area contributed by atoms with Crippen LogP contribution in [0.2, 0.25) is 0 Å². The Balaban J connectivity index is 1.39. The fourth-order valence-electron chi connectivity index (χ4n) is 4.40. The van der Waals surface area contributed by atoms with E-state index in [1.807, 2.05) is 59.0 Å². The molecule has 0 unspecified atom stereocenters. The Bertz CT molecular complexity index is 1130. The molecule has 34 heavy (non-hydrogen) atoms. The second-order valence-corrected chi connectivity index (χ2v) is 13.3. The number of aryl methyl sites for hydroxylation is 2. The highest BCUT2D eigenvalue weighted by Gasteiger charge is 2.28. The van der Waals surface area contributed by atoms with Crippen LogP contribution in [0.25, 0.3) is 5.82 Å². The zero-order valence-electron chi connectivity index (χ0n) is 20.4. The summed E-state index contributed by atoms with van der Waals surface area (Å²) < 4.78 is 2.00. The maximum Gasteiger partial charge on any atom is 0.275 e. The van der Waals surface area contributed by atoms with Crippen LogP contribution in [0.4, 0.5) is 5.69 Å². The van der Waals surface area contributed by atoms with Crippen LogP contribution < -0.4 is 5.32 Å². The van der Waals surface area contributed by atoms with Crippen LogP contribution in [0, 0.1) is 13.8 Å². The number of aromatic nitrogens is 4. The molecule has 0 spiro atoms. The fraction of sp³-hybridized carbons (Fsp3) is 0.500. The summed E-state index contributed by atoms with van der Waals surface area (Å²) in [6.45, 7) is 11.8. The molecule has 182 valence electrons. The summed E-state index contributed by atoms with van der Waals surface area (Å²) in [5.41, 5.74) is 2.95. The first-order valence-electron chi connectivity index (χ1n) is 11.5.